The van der Waals surface area contributed by atoms with Gasteiger partial charge in [0.1, 0.15) is 5.69 Å². The number of halogens is 3. The molecule has 1 amide bonds. The number of rotatable bonds is 3. The van der Waals surface area contributed by atoms with Gasteiger partial charge in [-0.3, -0.25) is 9.69 Å². The van der Waals surface area contributed by atoms with Crippen molar-refractivity contribution in [3.63, 3.8) is 0 Å². The second-order valence-electron chi connectivity index (χ2n) is 7.15. The summed E-state index contributed by atoms with van der Waals surface area (Å²) in [6.45, 7) is 3.02. The Labute approximate surface area is 166 Å². The van der Waals surface area contributed by atoms with Crippen LogP contribution in [0.2, 0.25) is 0 Å². The van der Waals surface area contributed by atoms with Gasteiger partial charge in [-0.05, 0) is 29.8 Å². The van der Waals surface area contributed by atoms with E-state index in [4.69, 9.17) is 0 Å². The molecule has 2 heterocycles. The summed E-state index contributed by atoms with van der Waals surface area (Å²) in [6.07, 6.45) is -4.32. The van der Waals surface area contributed by atoms with Crippen molar-refractivity contribution in [2.24, 2.45) is 0 Å². The summed E-state index contributed by atoms with van der Waals surface area (Å²) in [5, 5.41) is 0.991. The number of pyridine rings is 1. The van der Waals surface area contributed by atoms with Crippen molar-refractivity contribution in [2.45, 2.75) is 12.7 Å². The molecule has 1 fully saturated rings. The van der Waals surface area contributed by atoms with Crippen LogP contribution in [-0.2, 0) is 12.7 Å². The van der Waals surface area contributed by atoms with Crippen molar-refractivity contribution in [3.05, 3.63) is 77.5 Å². The molecule has 0 saturated carbocycles. The number of benzene rings is 2. The lowest BCUT2D eigenvalue weighted by molar-refractivity contribution is -0.137. The molecular formula is C22H20F3N3O. The van der Waals surface area contributed by atoms with Gasteiger partial charge in [0, 0.05) is 38.1 Å². The number of fused-ring (bicyclic) bond motifs is 1. The van der Waals surface area contributed by atoms with Gasteiger partial charge >= 0.3 is 6.18 Å². The van der Waals surface area contributed by atoms with Crippen molar-refractivity contribution in [1.82, 2.24) is 14.8 Å². The van der Waals surface area contributed by atoms with Crippen molar-refractivity contribution >= 4 is 16.8 Å². The van der Waals surface area contributed by atoms with E-state index in [0.29, 0.717) is 38.4 Å². The maximum absolute atomic E-state index is 12.8. The number of alkyl halides is 3. The van der Waals surface area contributed by atoms with E-state index in [-0.39, 0.29) is 5.91 Å². The summed E-state index contributed by atoms with van der Waals surface area (Å²) in [4.78, 5) is 21.2. The third kappa shape index (κ3) is 4.40. The first-order chi connectivity index (χ1) is 13.9. The minimum Gasteiger partial charge on any atom is -0.335 e. The van der Waals surface area contributed by atoms with Gasteiger partial charge in [-0.15, -0.1) is 0 Å². The molecule has 0 bridgehead atoms. The fraction of sp³-hybridized carbons (Fsp3) is 0.273. The molecule has 3 aromatic rings. The minimum absolute atomic E-state index is 0.0927. The summed E-state index contributed by atoms with van der Waals surface area (Å²) in [5.74, 6) is -0.0927. The molecule has 1 aliphatic rings. The summed E-state index contributed by atoms with van der Waals surface area (Å²) >= 11 is 0. The zero-order valence-corrected chi connectivity index (χ0v) is 15.7. The molecule has 2 aromatic carbocycles. The topological polar surface area (TPSA) is 36.4 Å². The highest BCUT2D eigenvalue weighted by Crippen LogP contribution is 2.29. The van der Waals surface area contributed by atoms with E-state index >= 15 is 0 Å². The maximum Gasteiger partial charge on any atom is 0.416 e. The highest BCUT2D eigenvalue weighted by molar-refractivity contribution is 5.95. The molecule has 1 saturated heterocycles. The number of para-hydroxylation sites is 1. The third-order valence-corrected chi connectivity index (χ3v) is 5.16. The van der Waals surface area contributed by atoms with E-state index in [2.05, 4.69) is 9.88 Å². The Morgan fingerprint density at radius 2 is 1.59 bits per heavy atom. The van der Waals surface area contributed by atoms with E-state index in [1.165, 1.54) is 12.1 Å². The molecule has 0 N–H and O–H groups in total. The van der Waals surface area contributed by atoms with Gasteiger partial charge in [-0.1, -0.05) is 36.4 Å². The second kappa shape index (κ2) is 7.83. The van der Waals surface area contributed by atoms with Crippen LogP contribution >= 0.6 is 0 Å². The van der Waals surface area contributed by atoms with Crippen molar-refractivity contribution in [2.75, 3.05) is 26.2 Å². The van der Waals surface area contributed by atoms with Crippen molar-refractivity contribution in [1.29, 1.82) is 0 Å². The van der Waals surface area contributed by atoms with Crippen LogP contribution in [0.1, 0.15) is 21.6 Å². The third-order valence-electron chi connectivity index (χ3n) is 5.16. The number of hydrogen-bond acceptors (Lipinski definition) is 3. The average Bonchev–Trinajstić information content (AvgIpc) is 2.73. The van der Waals surface area contributed by atoms with E-state index in [1.54, 1.807) is 11.0 Å². The van der Waals surface area contributed by atoms with E-state index < -0.39 is 11.7 Å². The van der Waals surface area contributed by atoms with Crippen LogP contribution in [-0.4, -0.2) is 46.9 Å². The highest BCUT2D eigenvalue weighted by Gasteiger charge is 2.30. The van der Waals surface area contributed by atoms with Crippen LogP contribution in [0.3, 0.4) is 0 Å². The maximum atomic E-state index is 12.8. The van der Waals surface area contributed by atoms with Crippen LogP contribution in [0.25, 0.3) is 10.9 Å². The summed E-state index contributed by atoms with van der Waals surface area (Å²) in [7, 11) is 0. The molecule has 29 heavy (non-hydrogen) atoms. The predicted molar refractivity (Wildman–Crippen MR) is 104 cm³/mol. The molecule has 0 unspecified atom stereocenters. The lowest BCUT2D eigenvalue weighted by atomic mass is 10.1. The SMILES string of the molecule is O=C(c1ccc2ccccc2n1)N1CCN(Cc2ccc(C(F)(F)F)cc2)CC1. The first-order valence-electron chi connectivity index (χ1n) is 9.44. The Hall–Kier alpha value is -2.93. The Kier molecular flexibility index (Phi) is 5.24. The van der Waals surface area contributed by atoms with Gasteiger partial charge in [-0.2, -0.15) is 13.2 Å². The van der Waals surface area contributed by atoms with Crippen LogP contribution in [0.4, 0.5) is 13.2 Å². The van der Waals surface area contributed by atoms with Gasteiger partial charge in [0.2, 0.25) is 0 Å². The summed E-state index contributed by atoms with van der Waals surface area (Å²) < 4.78 is 38.0. The Bertz CT molecular complexity index is 1010. The van der Waals surface area contributed by atoms with Gasteiger partial charge < -0.3 is 4.90 Å². The van der Waals surface area contributed by atoms with Crippen LogP contribution < -0.4 is 0 Å². The van der Waals surface area contributed by atoms with Gasteiger partial charge in [0.05, 0.1) is 11.1 Å². The molecule has 1 aliphatic heterocycles. The molecule has 4 rings (SSSR count). The molecule has 0 radical (unpaired) electrons. The lowest BCUT2D eigenvalue weighted by Crippen LogP contribution is -2.48. The van der Waals surface area contributed by atoms with Crippen LogP contribution in [0, 0.1) is 0 Å². The number of carbonyl (C=O) groups is 1. The van der Waals surface area contributed by atoms with E-state index in [0.717, 1.165) is 28.6 Å². The van der Waals surface area contributed by atoms with Crippen LogP contribution in [0.5, 0.6) is 0 Å². The fourth-order valence-electron chi connectivity index (χ4n) is 3.51. The molecule has 0 spiro atoms. The van der Waals surface area contributed by atoms with Gasteiger partial charge in [0.15, 0.2) is 0 Å². The Morgan fingerprint density at radius 3 is 2.28 bits per heavy atom. The fourth-order valence-corrected chi connectivity index (χ4v) is 3.51. The molecule has 1 aromatic heterocycles. The second-order valence-corrected chi connectivity index (χ2v) is 7.15. The smallest absolute Gasteiger partial charge is 0.335 e. The number of amides is 1. The first-order valence-corrected chi connectivity index (χ1v) is 9.44. The number of hydrogen-bond donors (Lipinski definition) is 0. The highest BCUT2D eigenvalue weighted by atomic mass is 19.4. The predicted octanol–water partition coefficient (Wildman–Crippen LogP) is 4.21. The average molecular weight is 399 g/mol. The quantitative estimate of drug-likeness (QED) is 0.662. The molecule has 7 heteroatoms. The van der Waals surface area contributed by atoms with E-state index in [9.17, 15) is 18.0 Å². The number of carbonyl (C=O) groups excluding carboxylic acids is 1. The van der Waals surface area contributed by atoms with Gasteiger partial charge in [-0.25, -0.2) is 4.98 Å². The molecule has 0 aliphatic carbocycles. The van der Waals surface area contributed by atoms with Crippen molar-refractivity contribution in [3.8, 4) is 0 Å². The zero-order valence-electron chi connectivity index (χ0n) is 15.7. The number of piperazine rings is 1. The van der Waals surface area contributed by atoms with Crippen molar-refractivity contribution < 1.29 is 18.0 Å². The Morgan fingerprint density at radius 1 is 0.897 bits per heavy atom. The minimum atomic E-state index is -4.32. The molecule has 4 nitrogen and oxygen atoms in total. The monoisotopic (exact) mass is 399 g/mol. The van der Waals surface area contributed by atoms with Gasteiger partial charge in [0.25, 0.3) is 5.91 Å². The Balaban J connectivity index is 1.35. The molecule has 0 atom stereocenters. The summed E-state index contributed by atoms with van der Waals surface area (Å²) in [6, 6.07) is 16.6. The van der Waals surface area contributed by atoms with Crippen LogP contribution in [0.15, 0.2) is 60.7 Å². The summed E-state index contributed by atoms with van der Waals surface area (Å²) in [5.41, 5.74) is 1.41. The number of nitrogens with zero attached hydrogens (tertiary/aromatic N) is 3. The molecular weight excluding hydrogens is 379 g/mol. The standard InChI is InChI=1S/C22H20F3N3O/c23-22(24,25)18-8-5-16(6-9-18)15-27-11-13-28(14-12-27)21(29)20-10-7-17-3-1-2-4-19(17)26-20/h1-10H,11-15H2. The number of aromatic nitrogens is 1. The zero-order chi connectivity index (χ0) is 20.4. The molecule has 150 valence electrons. The largest absolute Gasteiger partial charge is 0.416 e. The lowest BCUT2D eigenvalue weighted by Gasteiger charge is -2.34. The first kappa shape index (κ1) is 19.4. The normalized spacial score (nSPS) is 15.6. The van der Waals surface area contributed by atoms with E-state index in [1.807, 2.05) is 30.3 Å².